The second kappa shape index (κ2) is 13.5. The molecule has 3 aliphatic rings. The molecule has 0 spiro atoms. The number of carbonyl (C=O) groups excluding carboxylic acids is 2. The number of aromatic nitrogens is 2. The topological polar surface area (TPSA) is 93.7 Å². The van der Waals surface area contributed by atoms with Crippen molar-refractivity contribution < 1.29 is 22.8 Å². The average molecular weight is 602 g/mol. The molecule has 5 rings (SSSR count). The smallest absolute Gasteiger partial charge is 0.366 e. The highest BCUT2D eigenvalue weighted by atomic mass is 19.4. The van der Waals surface area contributed by atoms with Gasteiger partial charge in [-0.2, -0.15) is 18.2 Å². The van der Waals surface area contributed by atoms with E-state index in [0.29, 0.717) is 37.2 Å². The van der Waals surface area contributed by atoms with E-state index in [-0.39, 0.29) is 29.6 Å². The van der Waals surface area contributed by atoms with Gasteiger partial charge in [-0.25, -0.2) is 4.98 Å². The normalized spacial score (nSPS) is 22.2. The van der Waals surface area contributed by atoms with E-state index >= 15 is 0 Å². The Morgan fingerprint density at radius 1 is 0.930 bits per heavy atom. The third-order valence-corrected chi connectivity index (χ3v) is 9.11. The largest absolute Gasteiger partial charge is 0.421 e. The van der Waals surface area contributed by atoms with Crippen molar-refractivity contribution in [2.45, 2.75) is 76.0 Å². The van der Waals surface area contributed by atoms with Gasteiger partial charge >= 0.3 is 6.18 Å². The van der Waals surface area contributed by atoms with Crippen LogP contribution in [0.2, 0.25) is 0 Å². The first-order valence-electron chi connectivity index (χ1n) is 15.4. The molecule has 234 valence electrons. The van der Waals surface area contributed by atoms with E-state index in [1.165, 1.54) is 0 Å². The van der Waals surface area contributed by atoms with Crippen molar-refractivity contribution in [3.63, 3.8) is 0 Å². The number of nitrogens with zero attached hydrogens (tertiary/aromatic N) is 5. The highest BCUT2D eigenvalue weighted by molar-refractivity contribution is 5.94. The van der Waals surface area contributed by atoms with Crippen molar-refractivity contribution in [1.29, 1.82) is 0 Å². The Morgan fingerprint density at radius 2 is 1.60 bits per heavy atom. The summed E-state index contributed by atoms with van der Waals surface area (Å²) in [6, 6.07) is 6.51. The van der Waals surface area contributed by atoms with Gasteiger partial charge < -0.3 is 25.3 Å². The molecule has 2 saturated heterocycles. The summed E-state index contributed by atoms with van der Waals surface area (Å²) < 4.78 is 42.0. The van der Waals surface area contributed by atoms with E-state index in [1.54, 1.807) is 29.2 Å². The van der Waals surface area contributed by atoms with Gasteiger partial charge in [0.1, 0.15) is 11.4 Å². The van der Waals surface area contributed by atoms with Crippen LogP contribution in [0.15, 0.2) is 30.5 Å². The molecule has 1 aromatic heterocycles. The lowest BCUT2D eigenvalue weighted by Gasteiger charge is -2.37. The van der Waals surface area contributed by atoms with Crippen LogP contribution in [0.1, 0.15) is 73.7 Å². The third kappa shape index (κ3) is 7.57. The van der Waals surface area contributed by atoms with Gasteiger partial charge in [-0.3, -0.25) is 9.59 Å². The van der Waals surface area contributed by atoms with Gasteiger partial charge in [-0.1, -0.05) is 12.8 Å². The first-order chi connectivity index (χ1) is 20.6. The number of carbonyl (C=O) groups is 2. The van der Waals surface area contributed by atoms with Gasteiger partial charge in [0.05, 0.1) is 5.92 Å². The molecule has 3 heterocycles. The fourth-order valence-corrected chi connectivity index (χ4v) is 6.46. The monoisotopic (exact) mass is 601 g/mol. The Morgan fingerprint density at radius 3 is 2.28 bits per heavy atom. The van der Waals surface area contributed by atoms with Crippen LogP contribution < -0.4 is 10.6 Å². The molecule has 1 aromatic carbocycles. The first kappa shape index (κ1) is 31.0. The van der Waals surface area contributed by atoms with Gasteiger partial charge in [-0.05, 0) is 89.3 Å². The molecule has 0 radical (unpaired) electrons. The van der Waals surface area contributed by atoms with Crippen LogP contribution in [0.5, 0.6) is 0 Å². The molecule has 2 aliphatic heterocycles. The maximum absolute atomic E-state index is 14.0. The zero-order valence-electron chi connectivity index (χ0n) is 25.0. The predicted octanol–water partition coefficient (Wildman–Crippen LogP) is 5.39. The van der Waals surface area contributed by atoms with Gasteiger partial charge in [0.2, 0.25) is 11.9 Å². The van der Waals surface area contributed by atoms with Crippen LogP contribution in [0.4, 0.5) is 30.6 Å². The molecule has 2 atom stereocenters. The van der Waals surface area contributed by atoms with Gasteiger partial charge in [-0.15, -0.1) is 0 Å². The number of benzene rings is 1. The van der Waals surface area contributed by atoms with Crippen LogP contribution >= 0.6 is 0 Å². The van der Waals surface area contributed by atoms with Crippen molar-refractivity contribution in [1.82, 2.24) is 24.7 Å². The zero-order valence-corrected chi connectivity index (χ0v) is 25.0. The summed E-state index contributed by atoms with van der Waals surface area (Å²) in [7, 11) is 3.90. The van der Waals surface area contributed by atoms with Crippen molar-refractivity contribution in [3.05, 3.63) is 41.6 Å². The molecule has 12 heteroatoms. The molecule has 2 aromatic rings. The van der Waals surface area contributed by atoms with E-state index in [1.807, 2.05) is 11.9 Å². The summed E-state index contributed by atoms with van der Waals surface area (Å²) in [5.74, 6) is -0.779. The molecule has 43 heavy (non-hydrogen) atoms. The summed E-state index contributed by atoms with van der Waals surface area (Å²) in [6.45, 7) is 3.31. The Hall–Kier alpha value is -3.41. The molecular weight excluding hydrogens is 559 g/mol. The van der Waals surface area contributed by atoms with Crippen molar-refractivity contribution >= 4 is 29.3 Å². The lowest BCUT2D eigenvalue weighted by Crippen LogP contribution is -2.47. The predicted molar refractivity (Wildman–Crippen MR) is 159 cm³/mol. The number of likely N-dealkylation sites (tertiary alicyclic amines) is 2. The lowest BCUT2D eigenvalue weighted by molar-refractivity contribution is -0.137. The van der Waals surface area contributed by atoms with E-state index in [2.05, 4.69) is 32.5 Å². The molecular formula is C31H42F3N7O2. The molecule has 9 nitrogen and oxygen atoms in total. The number of halogens is 3. The van der Waals surface area contributed by atoms with Crippen LogP contribution in [0.3, 0.4) is 0 Å². The molecule has 1 saturated carbocycles. The number of anilines is 3. The van der Waals surface area contributed by atoms with Crippen molar-refractivity contribution in [2.24, 2.45) is 5.92 Å². The van der Waals surface area contributed by atoms with E-state index in [0.717, 1.165) is 64.2 Å². The summed E-state index contributed by atoms with van der Waals surface area (Å²) in [5.41, 5.74) is 0.107. The molecule has 2 amide bonds. The average Bonchev–Trinajstić information content (AvgIpc) is 3.01. The quantitative estimate of drug-likeness (QED) is 0.440. The highest BCUT2D eigenvalue weighted by Crippen LogP contribution is 2.37. The summed E-state index contributed by atoms with van der Waals surface area (Å²) in [4.78, 5) is 40.5. The van der Waals surface area contributed by atoms with E-state index in [9.17, 15) is 22.8 Å². The van der Waals surface area contributed by atoms with E-state index < -0.39 is 23.7 Å². The molecule has 0 bridgehead atoms. The first-order valence-corrected chi connectivity index (χ1v) is 15.4. The molecule has 2 N–H and O–H groups in total. The maximum atomic E-state index is 14.0. The number of hydrogen-bond donors (Lipinski definition) is 2. The minimum Gasteiger partial charge on any atom is -0.366 e. The number of rotatable bonds is 7. The summed E-state index contributed by atoms with van der Waals surface area (Å²) >= 11 is 0. The van der Waals surface area contributed by atoms with E-state index in [4.69, 9.17) is 0 Å². The minimum atomic E-state index is -4.66. The maximum Gasteiger partial charge on any atom is 0.421 e. The SMILES string of the molecule is CN1CCC(N(C)C(=O)c2ccc(Nc3ncc(C(F)(F)F)c(NC4CCCCC4C(=O)N4CCCCC4)n3)cc2)CC1. The molecule has 3 fully saturated rings. The highest BCUT2D eigenvalue weighted by Gasteiger charge is 2.39. The van der Waals surface area contributed by atoms with Crippen LogP contribution in [-0.4, -0.2) is 88.8 Å². The Bertz CT molecular complexity index is 1260. The lowest BCUT2D eigenvalue weighted by atomic mass is 9.83. The third-order valence-electron chi connectivity index (χ3n) is 9.11. The number of alkyl halides is 3. The standard InChI is InChI=1S/C31H42F3N7O2/c1-39-18-14-23(15-19-39)40(2)28(42)21-10-12-22(13-11-21)36-30-35-20-25(31(32,33)34)27(38-30)37-26-9-5-4-8-24(26)29(43)41-16-6-3-7-17-41/h10-13,20,23-24,26H,3-9,14-19H2,1-2H3,(H2,35,36,37,38). The van der Waals surface area contributed by atoms with Gasteiger partial charge in [0, 0.05) is 49.7 Å². The minimum absolute atomic E-state index is 0.00673. The summed E-state index contributed by atoms with van der Waals surface area (Å²) in [6.07, 6.45) is 3.91. The Labute approximate surface area is 251 Å². The van der Waals surface area contributed by atoms with Crippen LogP contribution in [0.25, 0.3) is 0 Å². The second-order valence-electron chi connectivity index (χ2n) is 12.1. The van der Waals surface area contributed by atoms with Crippen molar-refractivity contribution in [3.8, 4) is 0 Å². The van der Waals surface area contributed by atoms with Gasteiger partial charge in [0.15, 0.2) is 0 Å². The molecule has 1 aliphatic carbocycles. The van der Waals surface area contributed by atoms with Crippen LogP contribution in [0, 0.1) is 5.92 Å². The Kier molecular flexibility index (Phi) is 9.73. The fraction of sp³-hybridized carbons (Fsp3) is 0.613. The number of nitrogens with one attached hydrogen (secondary N) is 2. The second-order valence-corrected chi connectivity index (χ2v) is 12.1. The fourth-order valence-electron chi connectivity index (χ4n) is 6.46. The summed E-state index contributed by atoms with van der Waals surface area (Å²) in [5, 5.41) is 5.99. The Balaban J connectivity index is 1.29. The number of hydrogen-bond acceptors (Lipinski definition) is 7. The van der Waals surface area contributed by atoms with Gasteiger partial charge in [0.25, 0.3) is 5.91 Å². The van der Waals surface area contributed by atoms with Crippen molar-refractivity contribution in [2.75, 3.05) is 50.9 Å². The molecule has 2 unspecified atom stereocenters. The number of piperidine rings is 2. The number of amides is 2. The van der Waals surface area contributed by atoms with Crippen LogP contribution in [-0.2, 0) is 11.0 Å². The zero-order chi connectivity index (χ0) is 30.6.